The molecule has 4 aromatic rings. The Morgan fingerprint density at radius 3 is 2.94 bits per heavy atom. The molecule has 170 valence electrons. The van der Waals surface area contributed by atoms with Crippen molar-refractivity contribution in [3.8, 4) is 22.9 Å². The lowest BCUT2D eigenvalue weighted by Gasteiger charge is -2.33. The molecule has 8 nitrogen and oxygen atoms in total. The SMILES string of the molecule is O=Cc1ccc2nc(OC3CC4CNc5nnc(-c6cccc(F)c6O)cc5N4C3)ccc2c1. The molecule has 0 saturated carbocycles. The molecule has 6 rings (SSSR count). The van der Waals surface area contributed by atoms with E-state index in [9.17, 15) is 14.3 Å². The second kappa shape index (κ2) is 7.95. The monoisotopic (exact) mass is 457 g/mol. The molecule has 2 aromatic heterocycles. The Morgan fingerprint density at radius 2 is 2.06 bits per heavy atom. The smallest absolute Gasteiger partial charge is 0.214 e. The van der Waals surface area contributed by atoms with Gasteiger partial charge in [-0.05, 0) is 42.5 Å². The normalized spacial score (nSPS) is 18.8. The van der Waals surface area contributed by atoms with Gasteiger partial charge in [0.25, 0.3) is 0 Å². The van der Waals surface area contributed by atoms with Crippen LogP contribution in [0, 0.1) is 5.82 Å². The molecule has 2 aromatic carbocycles. The van der Waals surface area contributed by atoms with Crippen molar-refractivity contribution >= 4 is 28.7 Å². The molecule has 2 atom stereocenters. The molecular formula is C25H20FN5O3. The molecule has 0 radical (unpaired) electrons. The molecule has 2 unspecified atom stereocenters. The first kappa shape index (κ1) is 20.3. The summed E-state index contributed by atoms with van der Waals surface area (Å²) in [7, 11) is 0. The number of aromatic hydroxyl groups is 1. The van der Waals surface area contributed by atoms with E-state index in [1.807, 2.05) is 24.3 Å². The van der Waals surface area contributed by atoms with E-state index < -0.39 is 11.6 Å². The van der Waals surface area contributed by atoms with E-state index in [-0.39, 0.29) is 12.1 Å². The van der Waals surface area contributed by atoms with E-state index >= 15 is 0 Å². The number of pyridine rings is 1. The van der Waals surface area contributed by atoms with E-state index in [2.05, 4.69) is 25.4 Å². The summed E-state index contributed by atoms with van der Waals surface area (Å²) in [6.07, 6.45) is 1.52. The van der Waals surface area contributed by atoms with Crippen LogP contribution in [-0.2, 0) is 0 Å². The number of hydrogen-bond acceptors (Lipinski definition) is 8. The molecule has 2 aliphatic heterocycles. The summed E-state index contributed by atoms with van der Waals surface area (Å²) in [4.78, 5) is 17.8. The summed E-state index contributed by atoms with van der Waals surface area (Å²) in [5.41, 5.74) is 2.90. The number of para-hydroxylation sites is 1. The molecule has 2 aliphatic rings. The highest BCUT2D eigenvalue weighted by atomic mass is 19.1. The van der Waals surface area contributed by atoms with Crippen LogP contribution >= 0.6 is 0 Å². The third-order valence-corrected chi connectivity index (χ3v) is 6.34. The van der Waals surface area contributed by atoms with Crippen molar-refractivity contribution in [2.45, 2.75) is 18.6 Å². The van der Waals surface area contributed by atoms with Crippen molar-refractivity contribution in [3.05, 3.63) is 66.0 Å². The van der Waals surface area contributed by atoms with Gasteiger partial charge in [0.1, 0.15) is 12.4 Å². The number of ether oxygens (including phenoxy) is 1. The molecular weight excluding hydrogens is 437 g/mol. The van der Waals surface area contributed by atoms with Crippen molar-refractivity contribution in [3.63, 3.8) is 0 Å². The Labute approximate surface area is 194 Å². The van der Waals surface area contributed by atoms with E-state index in [1.165, 1.54) is 12.1 Å². The predicted molar refractivity (Wildman–Crippen MR) is 125 cm³/mol. The number of anilines is 2. The molecule has 0 bridgehead atoms. The number of rotatable bonds is 4. The number of nitrogens with zero attached hydrogens (tertiary/aromatic N) is 4. The number of aromatic nitrogens is 3. The predicted octanol–water partition coefficient (Wildman–Crippen LogP) is 3.80. The number of hydrogen-bond donors (Lipinski definition) is 2. The zero-order valence-corrected chi connectivity index (χ0v) is 18.0. The first-order valence-corrected chi connectivity index (χ1v) is 11.0. The highest BCUT2D eigenvalue weighted by Crippen LogP contribution is 2.39. The number of fused-ring (bicyclic) bond motifs is 4. The molecule has 34 heavy (non-hydrogen) atoms. The molecule has 1 fully saturated rings. The number of carbonyl (C=O) groups excluding carboxylic acids is 1. The number of benzene rings is 2. The fourth-order valence-electron chi connectivity index (χ4n) is 4.68. The maximum absolute atomic E-state index is 13.9. The highest BCUT2D eigenvalue weighted by molar-refractivity contribution is 5.87. The fraction of sp³-hybridized carbons (Fsp3) is 0.200. The molecule has 0 amide bonds. The fourth-order valence-corrected chi connectivity index (χ4v) is 4.68. The number of phenolic OH excluding ortho intramolecular Hbond substituents is 1. The highest BCUT2D eigenvalue weighted by Gasteiger charge is 2.38. The topological polar surface area (TPSA) is 100 Å². The summed E-state index contributed by atoms with van der Waals surface area (Å²) < 4.78 is 20.1. The Balaban J connectivity index is 1.25. The molecule has 0 spiro atoms. The van der Waals surface area contributed by atoms with Crippen LogP contribution in [0.4, 0.5) is 15.9 Å². The largest absolute Gasteiger partial charge is 0.504 e. The minimum Gasteiger partial charge on any atom is -0.504 e. The van der Waals surface area contributed by atoms with Crippen LogP contribution in [0.25, 0.3) is 22.2 Å². The number of phenols is 1. The average Bonchev–Trinajstić information content (AvgIpc) is 3.28. The van der Waals surface area contributed by atoms with Gasteiger partial charge in [-0.2, -0.15) is 0 Å². The second-order valence-electron chi connectivity index (χ2n) is 8.48. The van der Waals surface area contributed by atoms with Gasteiger partial charge in [0.15, 0.2) is 17.4 Å². The van der Waals surface area contributed by atoms with Crippen LogP contribution in [-0.4, -0.2) is 51.8 Å². The Bertz CT molecular complexity index is 1430. The third-order valence-electron chi connectivity index (χ3n) is 6.34. The summed E-state index contributed by atoms with van der Waals surface area (Å²) in [6, 6.07) is 15.4. The minimum atomic E-state index is -0.701. The Kier molecular flexibility index (Phi) is 4.75. The van der Waals surface area contributed by atoms with Gasteiger partial charge < -0.3 is 20.1 Å². The summed E-state index contributed by atoms with van der Waals surface area (Å²) >= 11 is 0. The molecule has 9 heteroatoms. The lowest BCUT2D eigenvalue weighted by molar-refractivity contribution is 0.112. The number of carbonyl (C=O) groups is 1. The van der Waals surface area contributed by atoms with Crippen molar-refractivity contribution in [1.82, 2.24) is 15.2 Å². The van der Waals surface area contributed by atoms with Crippen LogP contribution in [0.2, 0.25) is 0 Å². The number of nitrogens with one attached hydrogen (secondary N) is 1. The first-order valence-electron chi connectivity index (χ1n) is 11.0. The maximum Gasteiger partial charge on any atom is 0.214 e. The van der Waals surface area contributed by atoms with Gasteiger partial charge in [-0.1, -0.05) is 6.07 Å². The molecule has 0 aliphatic carbocycles. The summed E-state index contributed by atoms with van der Waals surface area (Å²) in [5, 5.41) is 22.8. The van der Waals surface area contributed by atoms with Gasteiger partial charge >= 0.3 is 0 Å². The van der Waals surface area contributed by atoms with Gasteiger partial charge in [-0.15, -0.1) is 10.2 Å². The lowest BCUT2D eigenvalue weighted by Crippen LogP contribution is -2.40. The van der Waals surface area contributed by atoms with E-state index in [0.29, 0.717) is 41.6 Å². The third kappa shape index (κ3) is 3.45. The van der Waals surface area contributed by atoms with Gasteiger partial charge in [0, 0.05) is 35.5 Å². The van der Waals surface area contributed by atoms with Crippen LogP contribution in [0.15, 0.2) is 54.6 Å². The summed E-state index contributed by atoms with van der Waals surface area (Å²) in [6.45, 7) is 1.33. The van der Waals surface area contributed by atoms with E-state index in [0.717, 1.165) is 29.3 Å². The van der Waals surface area contributed by atoms with Crippen LogP contribution < -0.4 is 15.0 Å². The van der Waals surface area contributed by atoms with Gasteiger partial charge in [-0.3, -0.25) is 4.79 Å². The van der Waals surface area contributed by atoms with Crippen molar-refractivity contribution in [2.75, 3.05) is 23.3 Å². The Morgan fingerprint density at radius 1 is 1.15 bits per heavy atom. The van der Waals surface area contributed by atoms with Crippen LogP contribution in [0.1, 0.15) is 16.8 Å². The van der Waals surface area contributed by atoms with Crippen LogP contribution in [0.3, 0.4) is 0 Å². The number of halogens is 1. The van der Waals surface area contributed by atoms with Crippen LogP contribution in [0.5, 0.6) is 11.6 Å². The molecule has 4 heterocycles. The van der Waals surface area contributed by atoms with Gasteiger partial charge in [0.05, 0.1) is 29.5 Å². The standard InChI is InChI=1S/C25H20FN5O3/c26-19-3-1-2-18(24(19)33)21-10-22-25(30-29-21)27-11-16-9-17(12-31(16)22)34-23-7-5-15-8-14(13-32)4-6-20(15)28-23/h1-8,10,13,16-17,33H,9,11-12H2,(H,27,30). The zero-order chi connectivity index (χ0) is 23.2. The number of aldehydes is 1. The second-order valence-corrected chi connectivity index (χ2v) is 8.48. The average molecular weight is 457 g/mol. The molecule has 1 saturated heterocycles. The van der Waals surface area contributed by atoms with Crippen molar-refractivity contribution in [1.29, 1.82) is 0 Å². The van der Waals surface area contributed by atoms with Crippen molar-refractivity contribution in [2.24, 2.45) is 0 Å². The quantitative estimate of drug-likeness (QED) is 0.447. The summed E-state index contributed by atoms with van der Waals surface area (Å²) in [5.74, 6) is 0.0317. The van der Waals surface area contributed by atoms with E-state index in [1.54, 1.807) is 18.2 Å². The Hall–Kier alpha value is -4.27. The van der Waals surface area contributed by atoms with Gasteiger partial charge in [-0.25, -0.2) is 9.37 Å². The lowest BCUT2D eigenvalue weighted by atomic mass is 10.1. The maximum atomic E-state index is 13.9. The first-order chi connectivity index (χ1) is 16.6. The molecule has 2 N–H and O–H groups in total. The zero-order valence-electron chi connectivity index (χ0n) is 18.0. The minimum absolute atomic E-state index is 0.0869. The van der Waals surface area contributed by atoms with Crippen molar-refractivity contribution < 1.29 is 19.0 Å². The van der Waals surface area contributed by atoms with E-state index in [4.69, 9.17) is 4.74 Å². The van der Waals surface area contributed by atoms with Gasteiger partial charge in [0.2, 0.25) is 5.88 Å².